The Balaban J connectivity index is 1.98. The van der Waals surface area contributed by atoms with E-state index >= 15 is 0 Å². The van der Waals surface area contributed by atoms with Crippen LogP contribution in [0.2, 0.25) is 0 Å². The molecule has 138 valence electrons. The molecule has 3 aromatic heterocycles. The Kier molecular flexibility index (Phi) is 3.96. The van der Waals surface area contributed by atoms with Gasteiger partial charge in [-0.25, -0.2) is 9.97 Å². The van der Waals surface area contributed by atoms with Crippen LogP contribution in [0.5, 0.6) is 0 Å². The molecule has 6 heteroatoms. The Morgan fingerprint density at radius 1 is 1.04 bits per heavy atom. The second-order valence-electron chi connectivity index (χ2n) is 7.03. The van der Waals surface area contributed by atoms with Crippen LogP contribution in [-0.2, 0) is 0 Å². The van der Waals surface area contributed by atoms with Crippen molar-refractivity contribution in [2.45, 2.75) is 6.92 Å². The normalized spacial score (nSPS) is 14.5. The first-order chi connectivity index (χ1) is 13.8. The highest BCUT2D eigenvalue weighted by molar-refractivity contribution is 5.90. The van der Waals surface area contributed by atoms with Crippen LogP contribution in [0, 0.1) is 18.3 Å². The SMILES string of the molecule is Cc1c(-c2ccccc2)c(N2CCNCC2)n2c(nc3cccnc32)c1C#N. The predicted molar refractivity (Wildman–Crippen MR) is 110 cm³/mol. The van der Waals surface area contributed by atoms with Crippen molar-refractivity contribution in [2.75, 3.05) is 31.1 Å². The Morgan fingerprint density at radius 3 is 2.57 bits per heavy atom. The molecule has 1 aliphatic rings. The van der Waals surface area contributed by atoms with Crippen LogP contribution in [0.4, 0.5) is 5.82 Å². The number of imidazole rings is 1. The van der Waals surface area contributed by atoms with Crippen LogP contribution in [0.15, 0.2) is 48.7 Å². The summed E-state index contributed by atoms with van der Waals surface area (Å²) in [5.41, 5.74) is 6.03. The van der Waals surface area contributed by atoms with Gasteiger partial charge in [0.2, 0.25) is 0 Å². The van der Waals surface area contributed by atoms with E-state index in [-0.39, 0.29) is 0 Å². The number of nitrogens with one attached hydrogen (secondary N) is 1. The number of hydrogen-bond donors (Lipinski definition) is 1. The number of pyridine rings is 2. The largest absolute Gasteiger partial charge is 0.355 e. The number of nitriles is 1. The molecule has 1 aliphatic heterocycles. The number of benzene rings is 1. The molecule has 0 aliphatic carbocycles. The number of rotatable bonds is 2. The Bertz CT molecular complexity index is 1210. The first kappa shape index (κ1) is 16.7. The molecule has 6 nitrogen and oxygen atoms in total. The fraction of sp³-hybridized carbons (Fsp3) is 0.227. The van der Waals surface area contributed by atoms with E-state index in [0.717, 1.165) is 59.9 Å². The third kappa shape index (κ3) is 2.44. The fourth-order valence-electron chi connectivity index (χ4n) is 4.11. The minimum atomic E-state index is 0.607. The van der Waals surface area contributed by atoms with Crippen LogP contribution in [0.3, 0.4) is 0 Å². The Hall–Kier alpha value is -3.43. The number of hydrogen-bond acceptors (Lipinski definition) is 5. The van der Waals surface area contributed by atoms with Crippen molar-refractivity contribution < 1.29 is 0 Å². The summed E-state index contributed by atoms with van der Waals surface area (Å²) in [6.07, 6.45) is 1.78. The summed E-state index contributed by atoms with van der Waals surface area (Å²) in [4.78, 5) is 11.8. The molecule has 0 atom stereocenters. The number of anilines is 1. The molecule has 1 fully saturated rings. The van der Waals surface area contributed by atoms with Gasteiger partial charge in [-0.05, 0) is 30.2 Å². The molecule has 1 aromatic carbocycles. The molecule has 4 aromatic rings. The fourth-order valence-corrected chi connectivity index (χ4v) is 4.11. The van der Waals surface area contributed by atoms with Gasteiger partial charge < -0.3 is 10.2 Å². The topological polar surface area (TPSA) is 69.2 Å². The molecular weight excluding hydrogens is 348 g/mol. The van der Waals surface area contributed by atoms with Gasteiger partial charge in [0.05, 0.1) is 5.56 Å². The monoisotopic (exact) mass is 368 g/mol. The lowest BCUT2D eigenvalue weighted by molar-refractivity contribution is 0.584. The number of aromatic nitrogens is 3. The van der Waals surface area contributed by atoms with Gasteiger partial charge in [-0.2, -0.15) is 5.26 Å². The molecule has 0 spiro atoms. The summed E-state index contributed by atoms with van der Waals surface area (Å²) >= 11 is 0. The van der Waals surface area contributed by atoms with Crippen LogP contribution in [0.25, 0.3) is 27.9 Å². The van der Waals surface area contributed by atoms with Crippen molar-refractivity contribution in [3.8, 4) is 17.2 Å². The van der Waals surface area contributed by atoms with Crippen LogP contribution in [0.1, 0.15) is 11.1 Å². The lowest BCUT2D eigenvalue weighted by atomic mass is 9.97. The third-order valence-corrected chi connectivity index (χ3v) is 5.42. The molecule has 0 radical (unpaired) electrons. The second-order valence-corrected chi connectivity index (χ2v) is 7.03. The minimum absolute atomic E-state index is 0.607. The van der Waals surface area contributed by atoms with Crippen molar-refractivity contribution in [3.05, 3.63) is 59.8 Å². The molecule has 28 heavy (non-hydrogen) atoms. The lowest BCUT2D eigenvalue weighted by Gasteiger charge is -2.32. The van der Waals surface area contributed by atoms with E-state index in [4.69, 9.17) is 4.98 Å². The summed E-state index contributed by atoms with van der Waals surface area (Å²) in [7, 11) is 0. The molecule has 4 heterocycles. The van der Waals surface area contributed by atoms with Gasteiger partial charge in [-0.15, -0.1) is 0 Å². The summed E-state index contributed by atoms with van der Waals surface area (Å²) in [6.45, 7) is 5.67. The number of fused-ring (bicyclic) bond motifs is 3. The summed E-state index contributed by atoms with van der Waals surface area (Å²) < 4.78 is 2.08. The molecule has 5 rings (SSSR count). The first-order valence-electron chi connectivity index (χ1n) is 9.50. The molecule has 0 unspecified atom stereocenters. The second kappa shape index (κ2) is 6.63. The van der Waals surface area contributed by atoms with Gasteiger partial charge in [0.25, 0.3) is 0 Å². The maximum absolute atomic E-state index is 9.97. The Labute approximate surface area is 163 Å². The van der Waals surface area contributed by atoms with Gasteiger partial charge in [0.1, 0.15) is 17.4 Å². The maximum Gasteiger partial charge on any atom is 0.166 e. The van der Waals surface area contributed by atoms with Crippen molar-refractivity contribution in [1.82, 2.24) is 19.7 Å². The van der Waals surface area contributed by atoms with E-state index in [1.807, 2.05) is 37.3 Å². The number of piperazine rings is 1. The van der Waals surface area contributed by atoms with Crippen molar-refractivity contribution in [1.29, 1.82) is 5.26 Å². The number of nitrogens with zero attached hydrogens (tertiary/aromatic N) is 5. The predicted octanol–water partition coefficient (Wildman–Crippen LogP) is 3.14. The molecular formula is C22H20N6. The van der Waals surface area contributed by atoms with Crippen LogP contribution < -0.4 is 10.2 Å². The molecule has 0 bridgehead atoms. The molecule has 0 saturated carbocycles. The quantitative estimate of drug-likeness (QED) is 0.589. The lowest BCUT2D eigenvalue weighted by Crippen LogP contribution is -2.44. The van der Waals surface area contributed by atoms with Crippen LogP contribution >= 0.6 is 0 Å². The van der Waals surface area contributed by atoms with E-state index in [1.165, 1.54) is 0 Å². The van der Waals surface area contributed by atoms with Crippen LogP contribution in [-0.4, -0.2) is 40.5 Å². The average Bonchev–Trinajstić information content (AvgIpc) is 3.13. The highest BCUT2D eigenvalue weighted by Gasteiger charge is 2.26. The van der Waals surface area contributed by atoms with E-state index in [2.05, 4.69) is 37.8 Å². The highest BCUT2D eigenvalue weighted by atomic mass is 15.3. The van der Waals surface area contributed by atoms with Crippen molar-refractivity contribution in [3.63, 3.8) is 0 Å². The zero-order chi connectivity index (χ0) is 19.1. The van der Waals surface area contributed by atoms with Gasteiger partial charge in [-0.1, -0.05) is 30.3 Å². The standard InChI is InChI=1S/C22H20N6/c1-15-17(14-23)20-26-18-8-5-9-25-21(18)28(20)22(27-12-10-24-11-13-27)19(15)16-6-3-2-4-7-16/h2-9,24H,10-13H2,1H3. The van der Waals surface area contributed by atoms with Crippen molar-refractivity contribution in [2.24, 2.45) is 0 Å². The molecule has 1 saturated heterocycles. The highest BCUT2D eigenvalue weighted by Crippen LogP contribution is 2.39. The van der Waals surface area contributed by atoms with E-state index in [9.17, 15) is 5.26 Å². The Morgan fingerprint density at radius 2 is 1.82 bits per heavy atom. The summed E-state index contributed by atoms with van der Waals surface area (Å²) in [5, 5.41) is 13.4. The van der Waals surface area contributed by atoms with E-state index in [1.54, 1.807) is 6.20 Å². The smallest absolute Gasteiger partial charge is 0.166 e. The molecule has 0 amide bonds. The van der Waals surface area contributed by atoms with E-state index < -0.39 is 0 Å². The van der Waals surface area contributed by atoms with Crippen molar-refractivity contribution >= 4 is 22.6 Å². The molecule has 1 N–H and O–H groups in total. The maximum atomic E-state index is 9.97. The van der Waals surface area contributed by atoms with Gasteiger partial charge in [0, 0.05) is 37.9 Å². The summed E-state index contributed by atoms with van der Waals surface area (Å²) in [6, 6.07) is 16.5. The zero-order valence-electron chi connectivity index (χ0n) is 15.7. The van der Waals surface area contributed by atoms with Gasteiger partial charge >= 0.3 is 0 Å². The van der Waals surface area contributed by atoms with Gasteiger partial charge in [-0.3, -0.25) is 4.40 Å². The van der Waals surface area contributed by atoms with E-state index in [0.29, 0.717) is 11.2 Å². The summed E-state index contributed by atoms with van der Waals surface area (Å²) in [5.74, 6) is 1.07. The minimum Gasteiger partial charge on any atom is -0.355 e. The zero-order valence-corrected chi connectivity index (χ0v) is 15.7. The average molecular weight is 368 g/mol. The first-order valence-corrected chi connectivity index (χ1v) is 9.50. The van der Waals surface area contributed by atoms with Gasteiger partial charge in [0.15, 0.2) is 11.3 Å². The third-order valence-electron chi connectivity index (χ3n) is 5.42.